The number of ether oxygens (including phenoxy) is 1. The third kappa shape index (κ3) is 5.43. The molecule has 1 fully saturated rings. The van der Waals surface area contributed by atoms with Crippen LogP contribution in [0.1, 0.15) is 11.6 Å². The predicted octanol–water partition coefficient (Wildman–Crippen LogP) is 1.56. The Morgan fingerprint density at radius 3 is 2.91 bits per heavy atom. The maximum atomic E-state index is 12.1. The van der Waals surface area contributed by atoms with Crippen LogP contribution in [-0.4, -0.2) is 54.8 Å². The summed E-state index contributed by atoms with van der Waals surface area (Å²) in [6, 6.07) is 3.35. The number of alkyl halides is 3. The molecule has 5 nitrogen and oxygen atoms in total. The third-order valence-electron chi connectivity index (χ3n) is 3.12. The van der Waals surface area contributed by atoms with Crippen LogP contribution >= 0.6 is 12.4 Å². The number of aromatic nitrogens is 1. The number of hydrogen-bond donors (Lipinski definition) is 1. The van der Waals surface area contributed by atoms with E-state index >= 15 is 0 Å². The van der Waals surface area contributed by atoms with Gasteiger partial charge in [-0.2, -0.15) is 13.2 Å². The van der Waals surface area contributed by atoms with Gasteiger partial charge in [-0.05, 0) is 11.6 Å². The minimum atomic E-state index is -4.42. The first-order valence-electron chi connectivity index (χ1n) is 6.52. The van der Waals surface area contributed by atoms with E-state index in [4.69, 9.17) is 0 Å². The number of pyridine rings is 1. The highest BCUT2D eigenvalue weighted by molar-refractivity contribution is 5.85. The van der Waals surface area contributed by atoms with Gasteiger partial charge in [0.05, 0.1) is 6.04 Å². The quantitative estimate of drug-likeness (QED) is 0.904. The Balaban J connectivity index is 0.00000242. The second kappa shape index (κ2) is 8.30. The number of carbonyl (C=O) groups excluding carboxylic acids is 1. The average Bonchev–Trinajstić information content (AvgIpc) is 2.47. The second-order valence-corrected chi connectivity index (χ2v) is 4.70. The van der Waals surface area contributed by atoms with Gasteiger partial charge in [0.1, 0.15) is 13.2 Å². The summed E-state index contributed by atoms with van der Waals surface area (Å²) in [5, 5.41) is 3.16. The molecule has 2 heterocycles. The summed E-state index contributed by atoms with van der Waals surface area (Å²) in [7, 11) is 0. The molecule has 1 saturated heterocycles. The lowest BCUT2D eigenvalue weighted by molar-refractivity contribution is -0.178. The molecule has 0 spiro atoms. The molecule has 1 N–H and O–H groups in total. The Morgan fingerprint density at radius 1 is 1.50 bits per heavy atom. The molecule has 0 aromatic carbocycles. The van der Waals surface area contributed by atoms with Gasteiger partial charge in [-0.25, -0.2) is 0 Å². The van der Waals surface area contributed by atoms with Crippen LogP contribution < -0.4 is 5.32 Å². The van der Waals surface area contributed by atoms with E-state index in [1.807, 2.05) is 6.07 Å². The van der Waals surface area contributed by atoms with Crippen molar-refractivity contribution < 1.29 is 22.7 Å². The van der Waals surface area contributed by atoms with Gasteiger partial charge in [-0.1, -0.05) is 6.07 Å². The summed E-state index contributed by atoms with van der Waals surface area (Å²) in [5.74, 6) is -0.449. The smallest absolute Gasteiger partial charge is 0.362 e. The second-order valence-electron chi connectivity index (χ2n) is 4.70. The zero-order chi connectivity index (χ0) is 15.3. The first-order chi connectivity index (χ1) is 9.97. The lowest BCUT2D eigenvalue weighted by atomic mass is 10.1. The van der Waals surface area contributed by atoms with E-state index in [-0.39, 0.29) is 18.4 Å². The number of nitrogens with one attached hydrogen (secondary N) is 1. The largest absolute Gasteiger partial charge is 0.411 e. The molecule has 0 aliphatic carbocycles. The van der Waals surface area contributed by atoms with Crippen LogP contribution in [0, 0.1) is 0 Å². The Morgan fingerprint density at radius 2 is 2.27 bits per heavy atom. The monoisotopic (exact) mass is 339 g/mol. The zero-order valence-corrected chi connectivity index (χ0v) is 12.5. The van der Waals surface area contributed by atoms with Crippen molar-refractivity contribution in [1.29, 1.82) is 0 Å². The number of hydrogen-bond acceptors (Lipinski definition) is 4. The fourth-order valence-corrected chi connectivity index (χ4v) is 2.21. The van der Waals surface area contributed by atoms with E-state index in [1.54, 1.807) is 18.5 Å². The Bertz CT molecular complexity index is 473. The fourth-order valence-electron chi connectivity index (χ4n) is 2.21. The molecule has 124 valence electrons. The average molecular weight is 340 g/mol. The van der Waals surface area contributed by atoms with Crippen LogP contribution in [-0.2, 0) is 9.53 Å². The summed E-state index contributed by atoms with van der Waals surface area (Å²) in [6.07, 6.45) is -1.15. The van der Waals surface area contributed by atoms with E-state index in [0.29, 0.717) is 19.6 Å². The molecular formula is C13H17ClF3N3O2. The lowest BCUT2D eigenvalue weighted by Crippen LogP contribution is -2.50. The highest BCUT2D eigenvalue weighted by Gasteiger charge is 2.31. The van der Waals surface area contributed by atoms with E-state index in [1.165, 1.54) is 4.90 Å². The van der Waals surface area contributed by atoms with Crippen molar-refractivity contribution in [1.82, 2.24) is 15.2 Å². The van der Waals surface area contributed by atoms with Gasteiger partial charge >= 0.3 is 6.18 Å². The maximum absolute atomic E-state index is 12.1. The van der Waals surface area contributed by atoms with Crippen molar-refractivity contribution in [3.8, 4) is 0 Å². The van der Waals surface area contributed by atoms with Crippen molar-refractivity contribution in [2.45, 2.75) is 12.2 Å². The number of amides is 1. The molecule has 1 aliphatic rings. The SMILES string of the molecule is Cl.O=C(COCC(F)(F)F)N1CCNCC1c1cccnc1. The number of rotatable bonds is 4. The van der Waals surface area contributed by atoms with Crippen LogP contribution in [0.5, 0.6) is 0 Å². The molecule has 1 amide bonds. The molecular weight excluding hydrogens is 323 g/mol. The first kappa shape index (κ1) is 18.7. The van der Waals surface area contributed by atoms with E-state index in [9.17, 15) is 18.0 Å². The maximum Gasteiger partial charge on any atom is 0.411 e. The van der Waals surface area contributed by atoms with E-state index in [2.05, 4.69) is 15.0 Å². The number of nitrogens with zero attached hydrogens (tertiary/aromatic N) is 2. The summed E-state index contributed by atoms with van der Waals surface area (Å²) in [5.41, 5.74) is 0.842. The van der Waals surface area contributed by atoms with Crippen molar-refractivity contribution in [2.75, 3.05) is 32.8 Å². The molecule has 1 unspecified atom stereocenters. The van der Waals surface area contributed by atoms with Gasteiger partial charge in [-0.15, -0.1) is 12.4 Å². The highest BCUT2D eigenvalue weighted by atomic mass is 35.5. The molecule has 9 heteroatoms. The van der Waals surface area contributed by atoms with Crippen LogP contribution in [0.15, 0.2) is 24.5 Å². The topological polar surface area (TPSA) is 54.5 Å². The van der Waals surface area contributed by atoms with Crippen LogP contribution in [0.2, 0.25) is 0 Å². The van der Waals surface area contributed by atoms with Crippen molar-refractivity contribution in [2.24, 2.45) is 0 Å². The Kier molecular flexibility index (Phi) is 7.05. The van der Waals surface area contributed by atoms with Gasteiger partial charge in [0.25, 0.3) is 0 Å². The van der Waals surface area contributed by atoms with Crippen LogP contribution in [0.3, 0.4) is 0 Å². The minimum absolute atomic E-state index is 0. The molecule has 1 aliphatic heterocycles. The standard InChI is InChI=1S/C13H16F3N3O2.ClH/c14-13(15,16)9-21-8-12(20)19-5-4-18-7-11(19)10-2-1-3-17-6-10;/h1-3,6,11,18H,4-5,7-9H2;1H. The van der Waals surface area contributed by atoms with E-state index in [0.717, 1.165) is 5.56 Å². The molecule has 1 aromatic rings. The van der Waals surface area contributed by atoms with Crippen molar-refractivity contribution in [3.63, 3.8) is 0 Å². The van der Waals surface area contributed by atoms with Gasteiger partial charge in [0.15, 0.2) is 0 Å². The van der Waals surface area contributed by atoms with Crippen molar-refractivity contribution in [3.05, 3.63) is 30.1 Å². The van der Waals surface area contributed by atoms with Crippen molar-refractivity contribution >= 4 is 18.3 Å². The van der Waals surface area contributed by atoms with Gasteiger partial charge < -0.3 is 15.0 Å². The fraction of sp³-hybridized carbons (Fsp3) is 0.538. The first-order valence-corrected chi connectivity index (χ1v) is 6.52. The Labute approximate surface area is 132 Å². The number of carbonyl (C=O) groups is 1. The van der Waals surface area contributed by atoms with E-state index < -0.39 is 25.3 Å². The third-order valence-corrected chi connectivity index (χ3v) is 3.12. The molecule has 1 atom stereocenters. The Hall–Kier alpha value is -1.38. The molecule has 0 radical (unpaired) electrons. The molecule has 1 aromatic heterocycles. The normalized spacial score (nSPS) is 18.7. The molecule has 2 rings (SSSR count). The summed E-state index contributed by atoms with van der Waals surface area (Å²) < 4.78 is 40.5. The van der Waals surface area contributed by atoms with Gasteiger partial charge in [0.2, 0.25) is 5.91 Å². The summed E-state index contributed by atoms with van der Waals surface area (Å²) in [6.45, 7) is -0.426. The molecule has 0 bridgehead atoms. The van der Waals surface area contributed by atoms with Crippen LogP contribution in [0.25, 0.3) is 0 Å². The summed E-state index contributed by atoms with van der Waals surface area (Å²) >= 11 is 0. The lowest BCUT2D eigenvalue weighted by Gasteiger charge is -2.36. The zero-order valence-electron chi connectivity index (χ0n) is 11.7. The van der Waals surface area contributed by atoms with Crippen LogP contribution in [0.4, 0.5) is 13.2 Å². The number of halogens is 4. The molecule has 0 saturated carbocycles. The van der Waals surface area contributed by atoms with Gasteiger partial charge in [0, 0.05) is 32.0 Å². The number of piperazine rings is 1. The molecule has 22 heavy (non-hydrogen) atoms. The highest BCUT2D eigenvalue weighted by Crippen LogP contribution is 2.21. The van der Waals surface area contributed by atoms with Gasteiger partial charge in [-0.3, -0.25) is 9.78 Å². The minimum Gasteiger partial charge on any atom is -0.362 e. The predicted molar refractivity (Wildman–Crippen MR) is 75.7 cm³/mol. The summed E-state index contributed by atoms with van der Waals surface area (Å²) in [4.78, 5) is 17.6.